The molecule has 9 heteroatoms. The van der Waals surface area contributed by atoms with E-state index in [1.165, 1.54) is 0 Å². The summed E-state index contributed by atoms with van der Waals surface area (Å²) < 4.78 is 12.5. The van der Waals surface area contributed by atoms with Gasteiger partial charge >= 0.3 is 0 Å². The Morgan fingerprint density at radius 3 is 2.33 bits per heavy atom. The highest BCUT2D eigenvalue weighted by molar-refractivity contribution is 7.85. The molecule has 5 rings (SSSR count). The lowest BCUT2D eigenvalue weighted by atomic mass is 9.77. The highest BCUT2D eigenvalue weighted by Crippen LogP contribution is 2.38. The second kappa shape index (κ2) is 7.68. The van der Waals surface area contributed by atoms with Crippen LogP contribution in [-0.4, -0.2) is 47.2 Å². The minimum absolute atomic E-state index is 0.0313. The lowest BCUT2D eigenvalue weighted by Gasteiger charge is -2.41. The molecule has 1 saturated carbocycles. The molecule has 2 aliphatic rings. The minimum Gasteiger partial charge on any atom is -0.394 e. The molecule has 3 heterocycles. The van der Waals surface area contributed by atoms with E-state index in [1.54, 1.807) is 12.4 Å². The number of halogens is 1. The zero-order valence-corrected chi connectivity index (χ0v) is 17.7. The van der Waals surface area contributed by atoms with Crippen molar-refractivity contribution in [1.29, 1.82) is 0 Å². The second-order valence-corrected chi connectivity index (χ2v) is 9.63. The first-order valence-electron chi connectivity index (χ1n) is 9.84. The maximum Gasteiger partial charge on any atom is 0.161 e. The first-order valence-corrected chi connectivity index (χ1v) is 11.5. The summed E-state index contributed by atoms with van der Waals surface area (Å²) in [5.41, 5.74) is 2.16. The molecule has 1 aliphatic carbocycles. The molecule has 1 aromatic carbocycles. The predicted molar refractivity (Wildman–Crippen MR) is 116 cm³/mol. The molecule has 0 spiro atoms. The van der Waals surface area contributed by atoms with Gasteiger partial charge in [0.05, 0.1) is 33.7 Å². The molecule has 1 aliphatic heterocycles. The van der Waals surface area contributed by atoms with Crippen LogP contribution in [0.5, 0.6) is 0 Å². The molecule has 7 nitrogen and oxygen atoms in total. The van der Waals surface area contributed by atoms with Crippen LogP contribution in [0.2, 0.25) is 5.02 Å². The molecule has 30 heavy (non-hydrogen) atoms. The van der Waals surface area contributed by atoms with Gasteiger partial charge in [-0.1, -0.05) is 35.9 Å². The van der Waals surface area contributed by atoms with E-state index in [0.717, 1.165) is 36.1 Å². The van der Waals surface area contributed by atoms with Crippen LogP contribution in [0.25, 0.3) is 22.8 Å². The summed E-state index contributed by atoms with van der Waals surface area (Å²) in [5, 5.41) is 13.7. The maximum atomic E-state index is 12.5. The van der Waals surface area contributed by atoms with E-state index < -0.39 is 10.8 Å². The minimum atomic E-state index is -1.12. The molecule has 1 atom stereocenters. The highest BCUT2D eigenvalue weighted by Gasteiger charge is 2.38. The molecule has 0 saturated heterocycles. The summed E-state index contributed by atoms with van der Waals surface area (Å²) in [6, 6.07) is 7.69. The van der Waals surface area contributed by atoms with E-state index in [1.807, 2.05) is 24.3 Å². The molecule has 1 unspecified atom stereocenters. The van der Waals surface area contributed by atoms with Gasteiger partial charge in [0.2, 0.25) is 0 Å². The summed E-state index contributed by atoms with van der Waals surface area (Å²) in [4.78, 5) is 18.6. The number of hydrogen-bond acceptors (Lipinski definition) is 7. The molecular weight excluding hydrogens is 422 g/mol. The Morgan fingerprint density at radius 1 is 1.07 bits per heavy atom. The van der Waals surface area contributed by atoms with E-state index in [9.17, 15) is 9.32 Å². The van der Waals surface area contributed by atoms with Crippen LogP contribution in [0.4, 0.5) is 5.82 Å². The third-order valence-corrected chi connectivity index (χ3v) is 7.36. The van der Waals surface area contributed by atoms with Crippen molar-refractivity contribution >= 4 is 28.2 Å². The van der Waals surface area contributed by atoms with E-state index in [0.29, 0.717) is 39.6 Å². The quantitative estimate of drug-likeness (QED) is 0.626. The fourth-order valence-corrected chi connectivity index (χ4v) is 5.22. The van der Waals surface area contributed by atoms with E-state index >= 15 is 0 Å². The molecule has 2 aromatic heterocycles. The first-order chi connectivity index (χ1) is 14.6. The SMILES string of the molecule is O=S1CCc2nc(-c3ccc(-c4ncc(Cl)cn4)cc3)nc(NC3(CO)CCC3)c21. The first kappa shape index (κ1) is 19.5. The largest absolute Gasteiger partial charge is 0.394 e. The summed E-state index contributed by atoms with van der Waals surface area (Å²) in [6.45, 7) is 0.0313. The number of rotatable bonds is 5. The third-order valence-electron chi connectivity index (χ3n) is 5.71. The highest BCUT2D eigenvalue weighted by atomic mass is 35.5. The molecule has 0 bridgehead atoms. The van der Waals surface area contributed by atoms with Crippen molar-refractivity contribution in [3.05, 3.63) is 47.4 Å². The van der Waals surface area contributed by atoms with Crippen LogP contribution in [0, 0.1) is 0 Å². The average Bonchev–Trinajstić information content (AvgIpc) is 3.12. The number of nitrogens with one attached hydrogen (secondary N) is 1. The molecule has 0 amide bonds. The van der Waals surface area contributed by atoms with Crippen LogP contribution in [0.15, 0.2) is 41.6 Å². The molecule has 2 N–H and O–H groups in total. The Morgan fingerprint density at radius 2 is 1.73 bits per heavy atom. The number of anilines is 1. The smallest absolute Gasteiger partial charge is 0.161 e. The Bertz CT molecular complexity index is 1110. The van der Waals surface area contributed by atoms with Gasteiger partial charge in [0.25, 0.3) is 0 Å². The van der Waals surface area contributed by atoms with E-state index in [4.69, 9.17) is 21.6 Å². The Hall–Kier alpha value is -2.42. The van der Waals surface area contributed by atoms with Gasteiger partial charge in [-0.05, 0) is 19.3 Å². The lowest BCUT2D eigenvalue weighted by molar-refractivity contribution is 0.143. The van der Waals surface area contributed by atoms with Gasteiger partial charge in [-0.2, -0.15) is 0 Å². The number of fused-ring (bicyclic) bond motifs is 1. The fraction of sp³-hybridized carbons (Fsp3) is 0.333. The Labute approximate surface area is 181 Å². The van der Waals surface area contributed by atoms with Crippen molar-refractivity contribution in [1.82, 2.24) is 19.9 Å². The van der Waals surface area contributed by atoms with Gasteiger partial charge in [0, 0.05) is 35.7 Å². The normalized spacial score (nSPS) is 19.2. The second-order valence-electron chi connectivity index (χ2n) is 7.69. The standard InChI is InChI=1S/C21H20ClN5O2S/c22-15-10-23-18(24-11-15)13-2-4-14(5-3-13)19-25-16-6-9-30(29)17(16)20(26-19)27-21(12-28)7-1-8-21/h2-5,10-11,28H,1,6-9,12H2,(H,25,26,27). The van der Waals surface area contributed by atoms with Crippen molar-refractivity contribution in [2.75, 3.05) is 17.7 Å². The van der Waals surface area contributed by atoms with Gasteiger partial charge in [-0.25, -0.2) is 19.9 Å². The molecule has 1 fully saturated rings. The topological polar surface area (TPSA) is 101 Å². The third kappa shape index (κ3) is 3.49. The molecule has 0 radical (unpaired) electrons. The molecule has 3 aromatic rings. The maximum absolute atomic E-state index is 12.5. The van der Waals surface area contributed by atoms with Crippen LogP contribution >= 0.6 is 11.6 Å². The Kier molecular flexibility index (Phi) is 5.00. The molecule has 154 valence electrons. The van der Waals surface area contributed by atoms with Crippen molar-refractivity contribution < 1.29 is 9.32 Å². The number of aliphatic hydroxyl groups is 1. The Balaban J connectivity index is 1.51. The van der Waals surface area contributed by atoms with Gasteiger partial charge in [-0.15, -0.1) is 0 Å². The van der Waals surface area contributed by atoms with Crippen molar-refractivity contribution in [3.8, 4) is 22.8 Å². The predicted octanol–water partition coefficient (Wildman–Crippen LogP) is 3.24. The van der Waals surface area contributed by atoms with Gasteiger partial charge < -0.3 is 10.4 Å². The number of aryl methyl sites for hydroxylation is 1. The summed E-state index contributed by atoms with van der Waals surface area (Å²) in [7, 11) is -1.12. The van der Waals surface area contributed by atoms with Gasteiger partial charge in [0.15, 0.2) is 11.6 Å². The number of hydrogen-bond donors (Lipinski definition) is 2. The van der Waals surface area contributed by atoms with Gasteiger partial charge in [0.1, 0.15) is 10.7 Å². The van der Waals surface area contributed by atoms with Crippen molar-refractivity contribution in [3.63, 3.8) is 0 Å². The zero-order valence-electron chi connectivity index (χ0n) is 16.1. The van der Waals surface area contributed by atoms with Gasteiger partial charge in [-0.3, -0.25) is 4.21 Å². The summed E-state index contributed by atoms with van der Waals surface area (Å²) in [5.74, 6) is 2.31. The monoisotopic (exact) mass is 441 g/mol. The lowest BCUT2D eigenvalue weighted by Crippen LogP contribution is -2.48. The van der Waals surface area contributed by atoms with Crippen molar-refractivity contribution in [2.45, 2.75) is 36.1 Å². The van der Waals surface area contributed by atoms with E-state index in [-0.39, 0.29) is 12.1 Å². The zero-order chi connectivity index (χ0) is 20.7. The van der Waals surface area contributed by atoms with E-state index in [2.05, 4.69) is 15.3 Å². The average molecular weight is 442 g/mol. The van der Waals surface area contributed by atoms with Crippen LogP contribution in [0.1, 0.15) is 25.0 Å². The summed E-state index contributed by atoms with van der Waals surface area (Å²) >= 11 is 5.86. The van der Waals surface area contributed by atoms with Crippen molar-refractivity contribution in [2.24, 2.45) is 0 Å². The number of aromatic nitrogens is 4. The van der Waals surface area contributed by atoms with Crippen LogP contribution < -0.4 is 5.32 Å². The van der Waals surface area contributed by atoms with Crippen LogP contribution in [-0.2, 0) is 17.2 Å². The summed E-state index contributed by atoms with van der Waals surface area (Å²) in [6.07, 6.45) is 6.61. The number of benzene rings is 1. The fourth-order valence-electron chi connectivity index (χ4n) is 3.82. The van der Waals surface area contributed by atoms with Crippen LogP contribution in [0.3, 0.4) is 0 Å². The molecular formula is C21H20ClN5O2S. The number of nitrogens with zero attached hydrogens (tertiary/aromatic N) is 4. The number of aliphatic hydroxyl groups excluding tert-OH is 1.